The van der Waals surface area contributed by atoms with Crippen LogP contribution in [0.25, 0.3) is 11.3 Å². The predicted octanol–water partition coefficient (Wildman–Crippen LogP) is 3.25. The molecule has 0 bridgehead atoms. The monoisotopic (exact) mass is 290 g/mol. The third kappa shape index (κ3) is 2.75. The maximum atomic E-state index is 11.7. The second-order valence-corrected chi connectivity index (χ2v) is 4.86. The number of hydrogen-bond acceptors (Lipinski definition) is 4. The second kappa shape index (κ2) is 5.92. The van der Waals surface area contributed by atoms with Gasteiger partial charge in [0.25, 0.3) is 0 Å². The Morgan fingerprint density at radius 3 is 2.70 bits per heavy atom. The molecular formula is C15H15ClN2O2. The lowest BCUT2D eigenvalue weighted by Gasteiger charge is -2.16. The van der Waals surface area contributed by atoms with Crippen LogP contribution in [-0.4, -0.2) is 32.2 Å². The molecule has 0 unspecified atom stereocenters. The average molecular weight is 291 g/mol. The van der Waals surface area contributed by atoms with Gasteiger partial charge in [-0.25, -0.2) is 4.79 Å². The van der Waals surface area contributed by atoms with E-state index in [0.29, 0.717) is 10.6 Å². The summed E-state index contributed by atoms with van der Waals surface area (Å²) in [7, 11) is 5.21. The van der Waals surface area contributed by atoms with Crippen molar-refractivity contribution in [2.24, 2.45) is 0 Å². The van der Waals surface area contributed by atoms with Crippen molar-refractivity contribution in [3.63, 3.8) is 0 Å². The number of rotatable bonds is 3. The van der Waals surface area contributed by atoms with E-state index in [4.69, 9.17) is 16.3 Å². The summed E-state index contributed by atoms with van der Waals surface area (Å²) in [5.41, 5.74) is 2.91. The first-order valence-electron chi connectivity index (χ1n) is 6.05. The molecule has 0 aliphatic rings. The van der Waals surface area contributed by atoms with E-state index >= 15 is 0 Å². The number of carbonyl (C=O) groups is 1. The Morgan fingerprint density at radius 2 is 2.05 bits per heavy atom. The lowest BCUT2D eigenvalue weighted by atomic mass is 10.1. The molecule has 0 amide bonds. The third-order valence-corrected chi connectivity index (χ3v) is 3.24. The number of esters is 1. The van der Waals surface area contributed by atoms with Crippen molar-refractivity contribution in [2.45, 2.75) is 0 Å². The van der Waals surface area contributed by atoms with E-state index in [-0.39, 0.29) is 0 Å². The molecule has 2 aromatic rings. The number of anilines is 1. The molecule has 0 radical (unpaired) electrons. The fourth-order valence-electron chi connectivity index (χ4n) is 1.92. The number of benzene rings is 1. The standard InChI is InChI=1S/C15H15ClN2O2/c1-18(2)13-5-4-8-17-14(13)10-6-7-12(16)11(9-10)15(19)20-3/h4-9H,1-3H3. The Hall–Kier alpha value is -2.07. The van der Waals surface area contributed by atoms with Gasteiger partial charge < -0.3 is 9.64 Å². The van der Waals surface area contributed by atoms with Gasteiger partial charge in [0.15, 0.2) is 0 Å². The first kappa shape index (κ1) is 14.3. The Kier molecular flexibility index (Phi) is 4.25. The van der Waals surface area contributed by atoms with Crippen LogP contribution < -0.4 is 4.90 Å². The van der Waals surface area contributed by atoms with Crippen molar-refractivity contribution in [1.82, 2.24) is 4.98 Å². The lowest BCUT2D eigenvalue weighted by molar-refractivity contribution is 0.0601. The zero-order chi connectivity index (χ0) is 14.7. The minimum atomic E-state index is -0.459. The summed E-state index contributed by atoms with van der Waals surface area (Å²) in [6, 6.07) is 9.05. The van der Waals surface area contributed by atoms with Crippen LogP contribution in [0.5, 0.6) is 0 Å². The normalized spacial score (nSPS) is 10.2. The Bertz CT molecular complexity index is 642. The summed E-state index contributed by atoms with van der Waals surface area (Å²) in [6.45, 7) is 0. The van der Waals surface area contributed by atoms with Crippen LogP contribution in [0.3, 0.4) is 0 Å². The Balaban J connectivity index is 2.57. The SMILES string of the molecule is COC(=O)c1cc(-c2ncccc2N(C)C)ccc1Cl. The van der Waals surface area contributed by atoms with Crippen LogP contribution in [0.1, 0.15) is 10.4 Å². The first-order chi connectivity index (χ1) is 9.54. The molecule has 0 aliphatic heterocycles. The highest BCUT2D eigenvalue weighted by atomic mass is 35.5. The fraction of sp³-hybridized carbons (Fsp3) is 0.200. The van der Waals surface area contributed by atoms with Crippen molar-refractivity contribution < 1.29 is 9.53 Å². The van der Waals surface area contributed by atoms with Gasteiger partial charge in [-0.15, -0.1) is 0 Å². The van der Waals surface area contributed by atoms with Crippen LogP contribution in [0, 0.1) is 0 Å². The van der Waals surface area contributed by atoms with Crippen LogP contribution in [0.4, 0.5) is 5.69 Å². The molecule has 0 N–H and O–H groups in total. The number of halogens is 1. The number of hydrogen-bond donors (Lipinski definition) is 0. The molecule has 5 heteroatoms. The third-order valence-electron chi connectivity index (χ3n) is 2.91. The van der Waals surface area contributed by atoms with E-state index in [1.165, 1.54) is 7.11 Å². The summed E-state index contributed by atoms with van der Waals surface area (Å²) < 4.78 is 4.73. The van der Waals surface area contributed by atoms with E-state index in [1.54, 1.807) is 18.3 Å². The number of methoxy groups -OCH3 is 1. The van der Waals surface area contributed by atoms with Crippen LogP contribution in [-0.2, 0) is 4.74 Å². The van der Waals surface area contributed by atoms with Crippen LogP contribution >= 0.6 is 11.6 Å². The van der Waals surface area contributed by atoms with Crippen LogP contribution in [0.2, 0.25) is 5.02 Å². The quantitative estimate of drug-likeness (QED) is 0.814. The molecule has 0 saturated heterocycles. The predicted molar refractivity (Wildman–Crippen MR) is 80.3 cm³/mol. The first-order valence-corrected chi connectivity index (χ1v) is 6.43. The van der Waals surface area contributed by atoms with E-state index in [0.717, 1.165) is 16.9 Å². The number of aromatic nitrogens is 1. The summed E-state index contributed by atoms with van der Waals surface area (Å²) in [4.78, 5) is 18.1. The van der Waals surface area contributed by atoms with Crippen LogP contribution in [0.15, 0.2) is 36.5 Å². The molecule has 0 atom stereocenters. The highest BCUT2D eigenvalue weighted by molar-refractivity contribution is 6.33. The van der Waals surface area contributed by atoms with Crippen molar-refractivity contribution in [3.8, 4) is 11.3 Å². The molecule has 2 rings (SSSR count). The van der Waals surface area contributed by atoms with Crippen molar-refractivity contribution in [3.05, 3.63) is 47.1 Å². The summed E-state index contributed by atoms with van der Waals surface area (Å²) in [6.07, 6.45) is 1.72. The van der Waals surface area contributed by atoms with E-state index < -0.39 is 5.97 Å². The zero-order valence-electron chi connectivity index (χ0n) is 11.6. The number of nitrogens with zero attached hydrogens (tertiary/aromatic N) is 2. The molecule has 4 nitrogen and oxygen atoms in total. The molecular weight excluding hydrogens is 276 g/mol. The maximum Gasteiger partial charge on any atom is 0.339 e. The molecule has 1 aromatic carbocycles. The second-order valence-electron chi connectivity index (χ2n) is 4.45. The van der Waals surface area contributed by atoms with Crippen molar-refractivity contribution >= 4 is 23.3 Å². The van der Waals surface area contributed by atoms with E-state index in [9.17, 15) is 4.79 Å². The molecule has 0 fully saturated rings. The van der Waals surface area contributed by atoms with Crippen molar-refractivity contribution in [2.75, 3.05) is 26.1 Å². The molecule has 1 aromatic heterocycles. The Labute approximate surface area is 123 Å². The molecule has 0 spiro atoms. The van der Waals surface area contributed by atoms with Gasteiger partial charge in [-0.05, 0) is 24.3 Å². The minimum absolute atomic E-state index is 0.335. The lowest BCUT2D eigenvalue weighted by Crippen LogP contribution is -2.11. The topological polar surface area (TPSA) is 42.4 Å². The summed E-state index contributed by atoms with van der Waals surface area (Å²) >= 11 is 6.03. The molecule has 0 saturated carbocycles. The van der Waals surface area contributed by atoms with Gasteiger partial charge in [0, 0.05) is 25.9 Å². The summed E-state index contributed by atoms with van der Waals surface area (Å²) in [5.74, 6) is -0.459. The Morgan fingerprint density at radius 1 is 1.30 bits per heavy atom. The average Bonchev–Trinajstić information content (AvgIpc) is 2.47. The molecule has 104 valence electrons. The molecule has 0 aliphatic carbocycles. The van der Waals surface area contributed by atoms with Gasteiger partial charge in [-0.2, -0.15) is 0 Å². The smallest absolute Gasteiger partial charge is 0.339 e. The van der Waals surface area contributed by atoms with Gasteiger partial charge in [-0.1, -0.05) is 17.7 Å². The number of pyridine rings is 1. The van der Waals surface area contributed by atoms with Gasteiger partial charge in [0.2, 0.25) is 0 Å². The molecule has 20 heavy (non-hydrogen) atoms. The highest BCUT2D eigenvalue weighted by Crippen LogP contribution is 2.30. The van der Waals surface area contributed by atoms with E-state index in [1.807, 2.05) is 37.2 Å². The number of carbonyl (C=O) groups excluding carboxylic acids is 1. The molecule has 1 heterocycles. The van der Waals surface area contributed by atoms with Crippen molar-refractivity contribution in [1.29, 1.82) is 0 Å². The van der Waals surface area contributed by atoms with Gasteiger partial charge >= 0.3 is 5.97 Å². The number of ether oxygens (including phenoxy) is 1. The zero-order valence-corrected chi connectivity index (χ0v) is 12.3. The van der Waals surface area contributed by atoms with Gasteiger partial charge in [0.1, 0.15) is 0 Å². The summed E-state index contributed by atoms with van der Waals surface area (Å²) in [5, 5.41) is 0.364. The van der Waals surface area contributed by atoms with Gasteiger partial charge in [0.05, 0.1) is 29.1 Å². The largest absolute Gasteiger partial charge is 0.465 e. The highest BCUT2D eigenvalue weighted by Gasteiger charge is 2.14. The van der Waals surface area contributed by atoms with E-state index in [2.05, 4.69) is 4.98 Å². The minimum Gasteiger partial charge on any atom is -0.465 e. The maximum absolute atomic E-state index is 11.7. The fourth-order valence-corrected chi connectivity index (χ4v) is 2.11. The van der Waals surface area contributed by atoms with Gasteiger partial charge in [-0.3, -0.25) is 4.98 Å².